The molecular weight excluding hydrogens is 338 g/mol. The molecular formula is C19H20ClN3O2. The fraction of sp³-hybridized carbons (Fsp3) is 0.263. The largest absolute Gasteiger partial charge is 0.334 e. The van der Waals surface area contributed by atoms with Crippen molar-refractivity contribution in [2.24, 2.45) is 5.92 Å². The van der Waals surface area contributed by atoms with E-state index >= 15 is 0 Å². The second-order valence-corrected chi connectivity index (χ2v) is 6.50. The normalized spacial score (nSPS) is 13.2. The molecule has 0 spiro atoms. The van der Waals surface area contributed by atoms with Gasteiger partial charge in [0.1, 0.15) is 0 Å². The third kappa shape index (κ3) is 5.22. The van der Waals surface area contributed by atoms with Crippen molar-refractivity contribution in [3.63, 3.8) is 0 Å². The molecule has 0 bridgehead atoms. The Morgan fingerprint density at radius 3 is 2.52 bits per heavy atom. The molecule has 3 rings (SSSR count). The summed E-state index contributed by atoms with van der Waals surface area (Å²) in [5.41, 5.74) is 2.54. The van der Waals surface area contributed by atoms with Crippen molar-refractivity contribution in [2.45, 2.75) is 25.9 Å². The molecule has 1 fully saturated rings. The van der Waals surface area contributed by atoms with Crippen LogP contribution in [0.25, 0.3) is 0 Å². The molecule has 0 unspecified atom stereocenters. The number of carbonyl (C=O) groups excluding carboxylic acids is 2. The van der Waals surface area contributed by atoms with E-state index < -0.39 is 0 Å². The van der Waals surface area contributed by atoms with E-state index in [1.807, 2.05) is 42.5 Å². The van der Waals surface area contributed by atoms with Gasteiger partial charge in [-0.2, -0.15) is 0 Å². The molecule has 1 aliphatic carbocycles. The molecule has 2 aromatic rings. The fourth-order valence-corrected chi connectivity index (χ4v) is 2.61. The number of amides is 3. The van der Waals surface area contributed by atoms with Crippen LogP contribution in [0.4, 0.5) is 10.5 Å². The minimum absolute atomic E-state index is 0.0718. The van der Waals surface area contributed by atoms with Crippen LogP contribution in [0, 0.1) is 5.92 Å². The number of urea groups is 1. The Morgan fingerprint density at radius 1 is 1.00 bits per heavy atom. The van der Waals surface area contributed by atoms with Crippen LogP contribution in [0.2, 0.25) is 5.02 Å². The topological polar surface area (TPSA) is 70.2 Å². The minimum atomic E-state index is -0.271. The molecule has 3 N–H and O–H groups in total. The van der Waals surface area contributed by atoms with Crippen molar-refractivity contribution in [3.8, 4) is 0 Å². The van der Waals surface area contributed by atoms with Gasteiger partial charge in [-0.05, 0) is 42.2 Å². The van der Waals surface area contributed by atoms with E-state index in [9.17, 15) is 9.59 Å². The Morgan fingerprint density at radius 2 is 1.76 bits per heavy atom. The number of nitrogens with one attached hydrogen (secondary N) is 3. The first-order chi connectivity index (χ1) is 12.1. The van der Waals surface area contributed by atoms with E-state index in [0.717, 1.165) is 29.7 Å². The van der Waals surface area contributed by atoms with Gasteiger partial charge in [0.15, 0.2) is 0 Å². The van der Waals surface area contributed by atoms with Crippen LogP contribution in [-0.4, -0.2) is 11.9 Å². The maximum Gasteiger partial charge on any atom is 0.315 e. The number of anilines is 1. The number of benzene rings is 2. The van der Waals surface area contributed by atoms with Crippen LogP contribution in [-0.2, 0) is 17.9 Å². The first kappa shape index (κ1) is 17.3. The van der Waals surface area contributed by atoms with E-state index in [2.05, 4.69) is 16.0 Å². The molecule has 1 saturated carbocycles. The van der Waals surface area contributed by atoms with Crippen molar-refractivity contribution in [1.29, 1.82) is 0 Å². The van der Waals surface area contributed by atoms with Crippen LogP contribution >= 0.6 is 11.6 Å². The highest BCUT2D eigenvalue weighted by Gasteiger charge is 2.29. The molecule has 2 aromatic carbocycles. The smallest absolute Gasteiger partial charge is 0.315 e. The molecule has 130 valence electrons. The van der Waals surface area contributed by atoms with Gasteiger partial charge in [0.25, 0.3) is 0 Å². The van der Waals surface area contributed by atoms with Gasteiger partial charge in [-0.15, -0.1) is 0 Å². The number of carbonyl (C=O) groups is 2. The molecule has 0 saturated heterocycles. The average Bonchev–Trinajstić information content (AvgIpc) is 3.45. The van der Waals surface area contributed by atoms with Gasteiger partial charge in [0.05, 0.1) is 0 Å². The lowest BCUT2D eigenvalue weighted by Gasteiger charge is -2.10. The summed E-state index contributed by atoms with van der Waals surface area (Å²) in [6, 6.07) is 14.6. The van der Waals surface area contributed by atoms with Crippen LogP contribution in [0.5, 0.6) is 0 Å². The Labute approximate surface area is 151 Å². The first-order valence-electron chi connectivity index (χ1n) is 8.27. The summed E-state index contributed by atoms with van der Waals surface area (Å²) in [6.07, 6.45) is 1.94. The van der Waals surface area contributed by atoms with Crippen molar-refractivity contribution in [2.75, 3.05) is 5.32 Å². The third-order valence-corrected chi connectivity index (χ3v) is 4.36. The second-order valence-electron chi connectivity index (χ2n) is 6.09. The monoisotopic (exact) mass is 357 g/mol. The van der Waals surface area contributed by atoms with E-state index in [0.29, 0.717) is 18.1 Å². The zero-order valence-corrected chi connectivity index (χ0v) is 14.5. The molecule has 0 aromatic heterocycles. The summed E-state index contributed by atoms with van der Waals surface area (Å²) in [4.78, 5) is 23.7. The van der Waals surface area contributed by atoms with Gasteiger partial charge < -0.3 is 16.0 Å². The minimum Gasteiger partial charge on any atom is -0.334 e. The summed E-state index contributed by atoms with van der Waals surface area (Å²) < 4.78 is 0. The molecule has 0 heterocycles. The molecule has 6 heteroatoms. The molecule has 0 atom stereocenters. The van der Waals surface area contributed by atoms with Crippen molar-refractivity contribution in [3.05, 3.63) is 64.7 Å². The highest BCUT2D eigenvalue weighted by Crippen LogP contribution is 2.30. The van der Waals surface area contributed by atoms with Gasteiger partial charge in [-0.3, -0.25) is 4.79 Å². The lowest BCUT2D eigenvalue weighted by molar-refractivity contribution is -0.117. The van der Waals surface area contributed by atoms with Crippen molar-refractivity contribution < 1.29 is 9.59 Å². The van der Waals surface area contributed by atoms with Crippen molar-refractivity contribution in [1.82, 2.24) is 10.6 Å². The molecule has 1 aliphatic rings. The number of halogens is 1. The fourth-order valence-electron chi connectivity index (χ4n) is 2.41. The predicted octanol–water partition coefficient (Wildman–Crippen LogP) is 3.69. The summed E-state index contributed by atoms with van der Waals surface area (Å²) >= 11 is 6.06. The maximum atomic E-state index is 11.9. The number of hydrogen-bond donors (Lipinski definition) is 3. The average molecular weight is 358 g/mol. The second kappa shape index (κ2) is 8.03. The third-order valence-electron chi connectivity index (χ3n) is 3.99. The number of rotatable bonds is 6. The van der Waals surface area contributed by atoms with Gasteiger partial charge in [-0.1, -0.05) is 41.9 Å². The summed E-state index contributed by atoms with van der Waals surface area (Å²) in [7, 11) is 0. The SMILES string of the molecule is O=C(NCc1cccc(NC(=O)C2CC2)c1)NCc1ccccc1Cl. The molecule has 0 radical (unpaired) electrons. The highest BCUT2D eigenvalue weighted by molar-refractivity contribution is 6.31. The summed E-state index contributed by atoms with van der Waals surface area (Å²) in [6.45, 7) is 0.741. The molecule has 3 amide bonds. The maximum absolute atomic E-state index is 11.9. The summed E-state index contributed by atoms with van der Waals surface area (Å²) in [5.74, 6) is 0.236. The molecule has 5 nitrogen and oxygen atoms in total. The van der Waals surface area contributed by atoms with E-state index in [4.69, 9.17) is 11.6 Å². The Hall–Kier alpha value is -2.53. The van der Waals surface area contributed by atoms with Gasteiger partial charge in [-0.25, -0.2) is 4.79 Å². The van der Waals surface area contributed by atoms with E-state index in [1.165, 1.54) is 0 Å². The molecule has 25 heavy (non-hydrogen) atoms. The number of hydrogen-bond acceptors (Lipinski definition) is 2. The standard InChI is InChI=1S/C19H20ClN3O2/c20-17-7-2-1-5-15(17)12-22-19(25)21-11-13-4-3-6-16(10-13)23-18(24)14-8-9-14/h1-7,10,14H,8-9,11-12H2,(H,23,24)(H2,21,22,25). The van der Waals surface area contributed by atoms with Gasteiger partial charge in [0.2, 0.25) is 5.91 Å². The highest BCUT2D eigenvalue weighted by atomic mass is 35.5. The summed E-state index contributed by atoms with van der Waals surface area (Å²) in [5, 5.41) is 9.10. The van der Waals surface area contributed by atoms with Crippen LogP contribution in [0.1, 0.15) is 24.0 Å². The van der Waals surface area contributed by atoms with Crippen molar-refractivity contribution >= 4 is 29.2 Å². The quantitative estimate of drug-likeness (QED) is 0.738. The van der Waals surface area contributed by atoms with E-state index in [1.54, 1.807) is 6.07 Å². The van der Waals surface area contributed by atoms with Gasteiger partial charge in [0, 0.05) is 29.7 Å². The van der Waals surface area contributed by atoms with Crippen LogP contribution < -0.4 is 16.0 Å². The predicted molar refractivity (Wildman–Crippen MR) is 98.3 cm³/mol. The Balaban J connectivity index is 1.46. The first-order valence-corrected chi connectivity index (χ1v) is 8.64. The Bertz CT molecular complexity index is 775. The zero-order valence-electron chi connectivity index (χ0n) is 13.7. The van der Waals surface area contributed by atoms with E-state index in [-0.39, 0.29) is 17.9 Å². The van der Waals surface area contributed by atoms with Crippen LogP contribution in [0.15, 0.2) is 48.5 Å². The zero-order chi connectivity index (χ0) is 17.6. The Kier molecular flexibility index (Phi) is 5.56. The van der Waals surface area contributed by atoms with Crippen LogP contribution in [0.3, 0.4) is 0 Å². The molecule has 0 aliphatic heterocycles. The lowest BCUT2D eigenvalue weighted by atomic mass is 10.2. The van der Waals surface area contributed by atoms with Gasteiger partial charge >= 0.3 is 6.03 Å². The lowest BCUT2D eigenvalue weighted by Crippen LogP contribution is -2.34.